The van der Waals surface area contributed by atoms with E-state index < -0.39 is 10.0 Å². The average molecular weight is 270 g/mol. The summed E-state index contributed by atoms with van der Waals surface area (Å²) < 4.78 is 26.8. The third-order valence-corrected chi connectivity index (χ3v) is 3.19. The topological polar surface area (TPSA) is 124 Å². The predicted molar refractivity (Wildman–Crippen MR) is 69.5 cm³/mol. The van der Waals surface area contributed by atoms with E-state index in [0.29, 0.717) is 35.8 Å². The van der Waals surface area contributed by atoms with E-state index in [-0.39, 0.29) is 5.75 Å². The molecule has 0 spiro atoms. The van der Waals surface area contributed by atoms with Crippen LogP contribution in [-0.4, -0.2) is 25.7 Å². The Hall–Kier alpha value is -1.80. The van der Waals surface area contributed by atoms with Gasteiger partial charge in [0.15, 0.2) is 5.58 Å². The van der Waals surface area contributed by atoms with E-state index in [2.05, 4.69) is 10.3 Å². The second kappa shape index (κ2) is 4.83. The molecule has 2 rings (SSSR count). The summed E-state index contributed by atoms with van der Waals surface area (Å²) in [5, 5.41) is 7.77. The largest absolute Gasteiger partial charge is 0.423 e. The quantitative estimate of drug-likeness (QED) is 0.536. The molecule has 1 heterocycles. The number of nitrogens with zero attached hydrogens (tertiary/aromatic N) is 1. The predicted octanol–water partition coefficient (Wildman–Crippen LogP) is 0.501. The number of hydrogen-bond acceptors (Lipinski definition) is 6. The lowest BCUT2D eigenvalue weighted by molar-refractivity contribution is 0.593. The van der Waals surface area contributed by atoms with Crippen molar-refractivity contribution in [3.05, 3.63) is 18.2 Å². The first-order valence-electron chi connectivity index (χ1n) is 5.35. The Morgan fingerprint density at radius 3 is 2.83 bits per heavy atom. The molecule has 8 heteroatoms. The van der Waals surface area contributed by atoms with Gasteiger partial charge in [-0.2, -0.15) is 4.98 Å². The van der Waals surface area contributed by atoms with E-state index in [1.54, 1.807) is 18.2 Å². The Morgan fingerprint density at radius 2 is 2.17 bits per heavy atom. The van der Waals surface area contributed by atoms with Gasteiger partial charge in [-0.3, -0.25) is 0 Å². The van der Waals surface area contributed by atoms with Gasteiger partial charge in [-0.25, -0.2) is 13.6 Å². The Labute approximate surface area is 104 Å². The lowest BCUT2D eigenvalue weighted by Gasteiger charge is -1.99. The van der Waals surface area contributed by atoms with Gasteiger partial charge in [0.05, 0.1) is 11.4 Å². The van der Waals surface area contributed by atoms with Gasteiger partial charge in [-0.1, -0.05) is 6.07 Å². The van der Waals surface area contributed by atoms with E-state index in [4.69, 9.17) is 15.3 Å². The Balaban J connectivity index is 1.98. The summed E-state index contributed by atoms with van der Waals surface area (Å²) in [5.74, 6) is -0.0810. The Kier molecular flexibility index (Phi) is 3.39. The number of nitrogens with one attached hydrogen (secondary N) is 1. The highest BCUT2D eigenvalue weighted by atomic mass is 32.2. The molecule has 0 amide bonds. The number of rotatable bonds is 5. The van der Waals surface area contributed by atoms with Gasteiger partial charge in [0.25, 0.3) is 6.01 Å². The molecule has 18 heavy (non-hydrogen) atoms. The summed E-state index contributed by atoms with van der Waals surface area (Å²) >= 11 is 0. The molecular formula is C10H14N4O3S. The zero-order chi connectivity index (χ0) is 13.2. The molecule has 5 N–H and O–H groups in total. The van der Waals surface area contributed by atoms with Crippen molar-refractivity contribution in [1.82, 2.24) is 4.98 Å². The fourth-order valence-corrected chi connectivity index (χ4v) is 2.06. The molecule has 0 aliphatic rings. The SMILES string of the molecule is Nc1cccc2oc(NCCCS(N)(=O)=O)nc12. The van der Waals surface area contributed by atoms with Crippen molar-refractivity contribution in [2.45, 2.75) is 6.42 Å². The summed E-state index contributed by atoms with van der Waals surface area (Å²) in [6.45, 7) is 0.406. The monoisotopic (exact) mass is 270 g/mol. The molecule has 0 bridgehead atoms. The van der Waals surface area contributed by atoms with Gasteiger partial charge in [0.2, 0.25) is 10.0 Å². The van der Waals surface area contributed by atoms with E-state index >= 15 is 0 Å². The fraction of sp³-hybridized carbons (Fsp3) is 0.300. The molecule has 0 fully saturated rings. The highest BCUT2D eigenvalue weighted by Gasteiger charge is 2.08. The number of oxazole rings is 1. The van der Waals surface area contributed by atoms with Crippen molar-refractivity contribution in [2.24, 2.45) is 5.14 Å². The van der Waals surface area contributed by atoms with Gasteiger partial charge in [-0.15, -0.1) is 0 Å². The molecule has 1 aromatic heterocycles. The maximum Gasteiger partial charge on any atom is 0.295 e. The van der Waals surface area contributed by atoms with Crippen LogP contribution in [0.2, 0.25) is 0 Å². The third-order valence-electron chi connectivity index (χ3n) is 2.33. The van der Waals surface area contributed by atoms with Crippen LogP contribution in [0.25, 0.3) is 11.1 Å². The number of hydrogen-bond donors (Lipinski definition) is 3. The molecule has 0 aliphatic heterocycles. The zero-order valence-corrected chi connectivity index (χ0v) is 10.4. The first-order valence-corrected chi connectivity index (χ1v) is 7.06. The van der Waals surface area contributed by atoms with Gasteiger partial charge >= 0.3 is 0 Å². The van der Waals surface area contributed by atoms with Gasteiger partial charge < -0.3 is 15.5 Å². The number of benzene rings is 1. The fourth-order valence-electron chi connectivity index (χ4n) is 1.51. The van der Waals surface area contributed by atoms with Crippen LogP contribution in [0.1, 0.15) is 6.42 Å². The van der Waals surface area contributed by atoms with Crippen molar-refractivity contribution in [1.29, 1.82) is 0 Å². The summed E-state index contributed by atoms with van der Waals surface area (Å²) in [7, 11) is -3.42. The number of fused-ring (bicyclic) bond motifs is 1. The van der Waals surface area contributed by atoms with Crippen LogP contribution in [0, 0.1) is 0 Å². The number of sulfonamides is 1. The number of nitrogens with two attached hydrogens (primary N) is 2. The lowest BCUT2D eigenvalue weighted by atomic mass is 10.3. The van der Waals surface area contributed by atoms with E-state index in [1.807, 2.05) is 0 Å². The zero-order valence-electron chi connectivity index (χ0n) is 9.59. The maximum atomic E-state index is 10.7. The number of para-hydroxylation sites is 1. The number of nitrogen functional groups attached to an aromatic ring is 1. The highest BCUT2D eigenvalue weighted by molar-refractivity contribution is 7.89. The Bertz CT molecular complexity index is 650. The smallest absolute Gasteiger partial charge is 0.295 e. The van der Waals surface area contributed by atoms with Crippen molar-refractivity contribution in [2.75, 3.05) is 23.3 Å². The summed E-state index contributed by atoms with van der Waals surface area (Å²) in [6, 6.07) is 5.58. The van der Waals surface area contributed by atoms with E-state index in [9.17, 15) is 8.42 Å². The minimum atomic E-state index is -3.42. The molecule has 0 saturated heterocycles. The molecule has 98 valence electrons. The number of anilines is 2. The van der Waals surface area contributed by atoms with Crippen LogP contribution < -0.4 is 16.2 Å². The number of aromatic nitrogens is 1. The normalized spacial score (nSPS) is 11.8. The first-order chi connectivity index (χ1) is 8.46. The van der Waals surface area contributed by atoms with Gasteiger partial charge in [0.1, 0.15) is 5.52 Å². The molecular weight excluding hydrogens is 256 g/mol. The molecule has 7 nitrogen and oxygen atoms in total. The average Bonchev–Trinajstić information content (AvgIpc) is 2.68. The van der Waals surface area contributed by atoms with Crippen LogP contribution in [-0.2, 0) is 10.0 Å². The van der Waals surface area contributed by atoms with Crippen molar-refractivity contribution >= 4 is 32.8 Å². The summed E-state index contributed by atoms with van der Waals surface area (Å²) in [6.07, 6.45) is 0.382. The molecule has 0 radical (unpaired) electrons. The summed E-state index contributed by atoms with van der Waals surface area (Å²) in [4.78, 5) is 4.16. The van der Waals surface area contributed by atoms with Crippen LogP contribution in [0.5, 0.6) is 0 Å². The second-order valence-electron chi connectivity index (χ2n) is 3.86. The molecule has 2 aromatic rings. The van der Waals surface area contributed by atoms with Crippen molar-refractivity contribution < 1.29 is 12.8 Å². The second-order valence-corrected chi connectivity index (χ2v) is 5.59. The van der Waals surface area contributed by atoms with Crippen LogP contribution in [0.15, 0.2) is 22.6 Å². The van der Waals surface area contributed by atoms with Crippen molar-refractivity contribution in [3.8, 4) is 0 Å². The molecule has 0 unspecified atom stereocenters. The van der Waals surface area contributed by atoms with Gasteiger partial charge in [0, 0.05) is 6.54 Å². The van der Waals surface area contributed by atoms with Crippen LogP contribution in [0.4, 0.5) is 11.7 Å². The minimum Gasteiger partial charge on any atom is -0.423 e. The Morgan fingerprint density at radius 1 is 1.39 bits per heavy atom. The molecule has 1 aromatic carbocycles. The third kappa shape index (κ3) is 3.11. The molecule has 0 saturated carbocycles. The highest BCUT2D eigenvalue weighted by Crippen LogP contribution is 2.23. The van der Waals surface area contributed by atoms with E-state index in [0.717, 1.165) is 0 Å². The molecule has 0 aliphatic carbocycles. The minimum absolute atomic E-state index is 0.0810. The van der Waals surface area contributed by atoms with Crippen LogP contribution in [0.3, 0.4) is 0 Å². The standard InChI is InChI=1S/C10H14N4O3S/c11-7-3-1-4-8-9(7)14-10(17-8)13-5-2-6-18(12,15)16/h1,3-4H,2,5-6,11H2,(H,13,14)(H2,12,15,16). The summed E-state index contributed by atoms with van der Waals surface area (Å²) in [5.41, 5.74) is 7.45. The molecule has 0 atom stereocenters. The number of primary sulfonamides is 1. The lowest BCUT2D eigenvalue weighted by Crippen LogP contribution is -2.18. The first kappa shape index (κ1) is 12.7. The van der Waals surface area contributed by atoms with E-state index in [1.165, 1.54) is 0 Å². The van der Waals surface area contributed by atoms with Crippen molar-refractivity contribution in [3.63, 3.8) is 0 Å². The van der Waals surface area contributed by atoms with Crippen LogP contribution >= 0.6 is 0 Å². The van der Waals surface area contributed by atoms with Gasteiger partial charge in [-0.05, 0) is 18.6 Å². The maximum absolute atomic E-state index is 10.7.